The van der Waals surface area contributed by atoms with Crippen LogP contribution >= 0.6 is 0 Å². The van der Waals surface area contributed by atoms with Gasteiger partial charge in [0.1, 0.15) is 0 Å². The van der Waals surface area contributed by atoms with Gasteiger partial charge in [0, 0.05) is 18.7 Å². The maximum Gasteiger partial charge on any atom is 0.417 e. The SMILES string of the molecule is C#CCCCNc1ccc(C#N)c(C(F)(F)F)c1. The van der Waals surface area contributed by atoms with Crippen LogP contribution in [0.25, 0.3) is 0 Å². The highest BCUT2D eigenvalue weighted by Crippen LogP contribution is 2.33. The van der Waals surface area contributed by atoms with Gasteiger partial charge in [0.2, 0.25) is 0 Å². The molecule has 0 fully saturated rings. The van der Waals surface area contributed by atoms with Crippen LogP contribution in [0.15, 0.2) is 18.2 Å². The monoisotopic (exact) mass is 252 g/mol. The van der Waals surface area contributed by atoms with Gasteiger partial charge in [-0.1, -0.05) is 0 Å². The molecule has 0 unspecified atom stereocenters. The minimum absolute atomic E-state index is 0.332. The van der Waals surface area contributed by atoms with E-state index in [0.717, 1.165) is 12.1 Å². The van der Waals surface area contributed by atoms with E-state index in [9.17, 15) is 13.2 Å². The van der Waals surface area contributed by atoms with Gasteiger partial charge in [-0.05, 0) is 24.6 Å². The van der Waals surface area contributed by atoms with Crippen LogP contribution < -0.4 is 5.32 Å². The molecule has 1 N–H and O–H groups in total. The number of hydrogen-bond donors (Lipinski definition) is 1. The normalized spacial score (nSPS) is 10.5. The number of anilines is 1. The molecule has 0 heterocycles. The highest BCUT2D eigenvalue weighted by Gasteiger charge is 2.33. The van der Waals surface area contributed by atoms with Gasteiger partial charge in [0.25, 0.3) is 0 Å². The fourth-order valence-electron chi connectivity index (χ4n) is 1.41. The van der Waals surface area contributed by atoms with Gasteiger partial charge in [-0.3, -0.25) is 0 Å². The average Bonchev–Trinajstić information content (AvgIpc) is 2.33. The van der Waals surface area contributed by atoms with Crippen molar-refractivity contribution in [2.45, 2.75) is 19.0 Å². The van der Waals surface area contributed by atoms with Crippen molar-refractivity contribution >= 4 is 5.69 Å². The number of alkyl halides is 3. The molecule has 0 aliphatic carbocycles. The first-order valence-corrected chi connectivity index (χ1v) is 5.27. The van der Waals surface area contributed by atoms with Crippen LogP contribution in [-0.2, 0) is 6.18 Å². The predicted molar refractivity (Wildman–Crippen MR) is 62.7 cm³/mol. The Balaban J connectivity index is 2.85. The molecule has 0 bridgehead atoms. The molecule has 1 rings (SSSR count). The molecule has 2 nitrogen and oxygen atoms in total. The number of terminal acetylenes is 1. The van der Waals surface area contributed by atoms with E-state index >= 15 is 0 Å². The Morgan fingerprint density at radius 1 is 1.33 bits per heavy atom. The molecule has 0 aliphatic heterocycles. The lowest BCUT2D eigenvalue weighted by atomic mass is 10.1. The quantitative estimate of drug-likeness (QED) is 0.658. The minimum atomic E-state index is -4.53. The Morgan fingerprint density at radius 2 is 2.06 bits per heavy atom. The van der Waals surface area contributed by atoms with Crippen molar-refractivity contribution < 1.29 is 13.2 Å². The number of hydrogen-bond acceptors (Lipinski definition) is 2. The number of nitrogens with zero attached hydrogens (tertiary/aromatic N) is 1. The smallest absolute Gasteiger partial charge is 0.385 e. The summed E-state index contributed by atoms with van der Waals surface area (Å²) < 4.78 is 38.0. The van der Waals surface area contributed by atoms with Gasteiger partial charge in [-0.15, -0.1) is 12.3 Å². The minimum Gasteiger partial charge on any atom is -0.385 e. The van der Waals surface area contributed by atoms with Crippen molar-refractivity contribution in [2.24, 2.45) is 0 Å². The lowest BCUT2D eigenvalue weighted by molar-refractivity contribution is -0.137. The lowest BCUT2D eigenvalue weighted by Gasteiger charge is -2.11. The van der Waals surface area contributed by atoms with E-state index in [2.05, 4.69) is 11.2 Å². The van der Waals surface area contributed by atoms with Crippen molar-refractivity contribution in [3.05, 3.63) is 29.3 Å². The summed E-state index contributed by atoms with van der Waals surface area (Å²) >= 11 is 0. The van der Waals surface area contributed by atoms with E-state index in [0.29, 0.717) is 25.1 Å². The number of nitrogens with one attached hydrogen (secondary N) is 1. The third-order valence-corrected chi connectivity index (χ3v) is 2.27. The highest BCUT2D eigenvalue weighted by molar-refractivity contribution is 5.53. The number of benzene rings is 1. The largest absolute Gasteiger partial charge is 0.417 e. The summed E-state index contributed by atoms with van der Waals surface area (Å²) in [6.07, 6.45) is 1.78. The highest BCUT2D eigenvalue weighted by atomic mass is 19.4. The van der Waals surface area contributed by atoms with Crippen LogP contribution in [0.5, 0.6) is 0 Å². The zero-order valence-corrected chi connectivity index (χ0v) is 9.51. The molecule has 0 aliphatic rings. The standard InChI is InChI=1S/C13H11F3N2/c1-2-3-4-7-18-11-6-5-10(9-17)12(8-11)13(14,15)16/h1,5-6,8,18H,3-4,7H2. The molecule has 0 atom stereocenters. The van der Waals surface area contributed by atoms with Crippen molar-refractivity contribution in [3.63, 3.8) is 0 Å². The van der Waals surface area contributed by atoms with E-state index in [1.165, 1.54) is 12.1 Å². The summed E-state index contributed by atoms with van der Waals surface area (Å²) in [4.78, 5) is 0. The van der Waals surface area contributed by atoms with Crippen LogP contribution in [0, 0.1) is 23.7 Å². The molecule has 18 heavy (non-hydrogen) atoms. The molecule has 0 saturated carbocycles. The maximum atomic E-state index is 12.7. The second kappa shape index (κ2) is 5.97. The second-order valence-corrected chi connectivity index (χ2v) is 3.60. The molecule has 0 aromatic heterocycles. The summed E-state index contributed by atoms with van der Waals surface area (Å²) in [5.41, 5.74) is -0.970. The predicted octanol–water partition coefficient (Wildman–Crippen LogP) is 3.40. The van der Waals surface area contributed by atoms with E-state index in [1.54, 1.807) is 0 Å². The zero-order valence-electron chi connectivity index (χ0n) is 9.51. The summed E-state index contributed by atoms with van der Waals surface area (Å²) in [6, 6.07) is 5.08. The van der Waals surface area contributed by atoms with Gasteiger partial charge in [0.05, 0.1) is 17.2 Å². The summed E-state index contributed by atoms with van der Waals surface area (Å²) in [7, 11) is 0. The van der Waals surface area contributed by atoms with Crippen molar-refractivity contribution in [1.82, 2.24) is 0 Å². The van der Waals surface area contributed by atoms with E-state index in [4.69, 9.17) is 11.7 Å². The van der Waals surface area contributed by atoms with E-state index in [-0.39, 0.29) is 5.56 Å². The summed E-state index contributed by atoms with van der Waals surface area (Å²) in [5.74, 6) is 2.44. The molecule has 0 spiro atoms. The van der Waals surface area contributed by atoms with E-state index < -0.39 is 11.7 Å². The first-order chi connectivity index (χ1) is 8.49. The topological polar surface area (TPSA) is 35.8 Å². The first kappa shape index (κ1) is 13.9. The fraction of sp³-hybridized carbons (Fsp3) is 0.308. The van der Waals surface area contributed by atoms with Crippen LogP contribution in [0.1, 0.15) is 24.0 Å². The Bertz CT molecular complexity index is 492. The number of halogens is 3. The molecule has 0 radical (unpaired) electrons. The Kier molecular flexibility index (Phi) is 4.62. The molecule has 1 aromatic rings. The van der Waals surface area contributed by atoms with Crippen LogP contribution in [0.3, 0.4) is 0 Å². The molecule has 1 aromatic carbocycles. The molecule has 0 amide bonds. The van der Waals surface area contributed by atoms with Crippen molar-refractivity contribution in [3.8, 4) is 18.4 Å². The van der Waals surface area contributed by atoms with Gasteiger partial charge in [-0.2, -0.15) is 18.4 Å². The van der Waals surface area contributed by atoms with Gasteiger partial charge in [0.15, 0.2) is 0 Å². The average molecular weight is 252 g/mol. The van der Waals surface area contributed by atoms with Gasteiger partial charge < -0.3 is 5.32 Å². The molecule has 94 valence electrons. The van der Waals surface area contributed by atoms with Gasteiger partial charge in [-0.25, -0.2) is 0 Å². The second-order valence-electron chi connectivity index (χ2n) is 3.60. The molecular weight excluding hydrogens is 241 g/mol. The third kappa shape index (κ3) is 3.71. The molecular formula is C13H11F3N2. The maximum absolute atomic E-state index is 12.7. The Hall–Kier alpha value is -2.14. The Labute approximate surface area is 103 Å². The van der Waals surface area contributed by atoms with Crippen molar-refractivity contribution in [2.75, 3.05) is 11.9 Å². The van der Waals surface area contributed by atoms with Crippen LogP contribution in [-0.4, -0.2) is 6.54 Å². The summed E-state index contributed by atoms with van der Waals surface area (Å²) in [6.45, 7) is 0.493. The lowest BCUT2D eigenvalue weighted by Crippen LogP contribution is -2.09. The van der Waals surface area contributed by atoms with Gasteiger partial charge >= 0.3 is 6.18 Å². The number of unbranched alkanes of at least 4 members (excludes halogenated alkanes) is 1. The van der Waals surface area contributed by atoms with Crippen LogP contribution in [0.2, 0.25) is 0 Å². The first-order valence-electron chi connectivity index (χ1n) is 5.27. The molecule has 0 saturated heterocycles. The molecule has 5 heteroatoms. The zero-order chi connectivity index (χ0) is 13.6. The van der Waals surface area contributed by atoms with E-state index in [1.807, 2.05) is 0 Å². The van der Waals surface area contributed by atoms with Crippen LogP contribution in [0.4, 0.5) is 18.9 Å². The summed E-state index contributed by atoms with van der Waals surface area (Å²) in [5, 5.41) is 11.5. The number of nitriles is 1. The van der Waals surface area contributed by atoms with Crippen molar-refractivity contribution in [1.29, 1.82) is 5.26 Å². The fourth-order valence-corrected chi connectivity index (χ4v) is 1.41. The number of rotatable bonds is 4. The third-order valence-electron chi connectivity index (χ3n) is 2.27. The Morgan fingerprint density at radius 3 is 2.61 bits per heavy atom.